The van der Waals surface area contributed by atoms with Crippen molar-refractivity contribution >= 4 is 6.08 Å². The smallest absolute Gasteiger partial charge is 0.0172 e. The van der Waals surface area contributed by atoms with Crippen LogP contribution in [0.5, 0.6) is 0 Å². The first-order chi connectivity index (χ1) is 8.31. The van der Waals surface area contributed by atoms with E-state index < -0.39 is 0 Å². The summed E-state index contributed by atoms with van der Waals surface area (Å²) in [6.07, 6.45) is 3.42. The van der Waals surface area contributed by atoms with Crippen molar-refractivity contribution in [3.63, 3.8) is 0 Å². The van der Waals surface area contributed by atoms with Gasteiger partial charge in [-0.2, -0.15) is 0 Å². The predicted molar refractivity (Wildman–Crippen MR) is 81.9 cm³/mol. The fraction of sp³-hybridized carbons (Fsp3) is 0.529. The molecule has 0 atom stereocenters. The molecular formula is C17H27N. The van der Waals surface area contributed by atoms with Gasteiger partial charge < -0.3 is 5.32 Å². The Morgan fingerprint density at radius 1 is 1.22 bits per heavy atom. The summed E-state index contributed by atoms with van der Waals surface area (Å²) >= 11 is 0. The van der Waals surface area contributed by atoms with Crippen LogP contribution < -0.4 is 5.32 Å². The van der Waals surface area contributed by atoms with Crippen LogP contribution in [0.15, 0.2) is 23.8 Å². The van der Waals surface area contributed by atoms with Crippen LogP contribution in [0.25, 0.3) is 6.08 Å². The number of aryl methyl sites for hydroxylation is 2. The van der Waals surface area contributed by atoms with Gasteiger partial charge in [0.1, 0.15) is 0 Å². The van der Waals surface area contributed by atoms with Crippen molar-refractivity contribution in [2.24, 2.45) is 0 Å². The average Bonchev–Trinajstić information content (AvgIpc) is 2.25. The largest absolute Gasteiger partial charge is 0.308 e. The maximum Gasteiger partial charge on any atom is 0.0172 e. The second-order valence-corrected chi connectivity index (χ2v) is 6.12. The Hall–Kier alpha value is -1.08. The lowest BCUT2D eigenvalue weighted by atomic mass is 10.0. The third-order valence-electron chi connectivity index (χ3n) is 3.08. The maximum absolute atomic E-state index is 3.56. The third kappa shape index (κ3) is 5.05. The lowest BCUT2D eigenvalue weighted by Gasteiger charge is -2.21. The topological polar surface area (TPSA) is 12.0 Å². The minimum atomic E-state index is 0.177. The molecular weight excluding hydrogens is 218 g/mol. The molecule has 0 spiro atoms. The van der Waals surface area contributed by atoms with Crippen molar-refractivity contribution in [1.29, 1.82) is 0 Å². The molecule has 0 fully saturated rings. The molecule has 1 nitrogen and oxygen atoms in total. The van der Waals surface area contributed by atoms with Crippen molar-refractivity contribution in [3.8, 4) is 0 Å². The van der Waals surface area contributed by atoms with E-state index in [9.17, 15) is 0 Å². The Labute approximate surface area is 112 Å². The molecule has 0 aromatic heterocycles. The molecule has 100 valence electrons. The Morgan fingerprint density at radius 2 is 1.89 bits per heavy atom. The Kier molecular flexibility index (Phi) is 5.15. The Morgan fingerprint density at radius 3 is 2.39 bits per heavy atom. The average molecular weight is 245 g/mol. The molecule has 1 aromatic carbocycles. The van der Waals surface area contributed by atoms with E-state index in [1.807, 2.05) is 0 Å². The summed E-state index contributed by atoms with van der Waals surface area (Å²) < 4.78 is 0. The van der Waals surface area contributed by atoms with Gasteiger partial charge in [-0.15, -0.1) is 0 Å². The van der Waals surface area contributed by atoms with E-state index in [2.05, 4.69) is 71.1 Å². The van der Waals surface area contributed by atoms with Gasteiger partial charge in [-0.25, -0.2) is 0 Å². The van der Waals surface area contributed by atoms with Crippen LogP contribution >= 0.6 is 0 Å². The van der Waals surface area contributed by atoms with E-state index in [4.69, 9.17) is 0 Å². The van der Waals surface area contributed by atoms with Crippen LogP contribution in [0.2, 0.25) is 0 Å². The molecule has 0 bridgehead atoms. The van der Waals surface area contributed by atoms with Crippen molar-refractivity contribution in [2.45, 2.75) is 53.5 Å². The quantitative estimate of drug-likeness (QED) is 0.824. The van der Waals surface area contributed by atoms with Gasteiger partial charge in [0.25, 0.3) is 0 Å². The fourth-order valence-corrected chi connectivity index (χ4v) is 1.86. The normalized spacial score (nSPS) is 12.9. The molecule has 1 heteroatoms. The molecule has 0 saturated heterocycles. The molecule has 1 N–H and O–H groups in total. The second-order valence-electron chi connectivity index (χ2n) is 6.12. The number of rotatable bonds is 4. The first-order valence-electron chi connectivity index (χ1n) is 6.83. The van der Waals surface area contributed by atoms with Crippen LogP contribution in [0.1, 0.15) is 50.8 Å². The van der Waals surface area contributed by atoms with Gasteiger partial charge in [-0.1, -0.05) is 42.3 Å². The highest BCUT2D eigenvalue weighted by molar-refractivity contribution is 5.57. The van der Waals surface area contributed by atoms with Crippen molar-refractivity contribution in [3.05, 3.63) is 40.5 Å². The molecule has 0 saturated carbocycles. The summed E-state index contributed by atoms with van der Waals surface area (Å²) in [6.45, 7) is 14.1. The lowest BCUT2D eigenvalue weighted by molar-refractivity contribution is 0.443. The fourth-order valence-electron chi connectivity index (χ4n) is 1.86. The van der Waals surface area contributed by atoms with E-state index in [-0.39, 0.29) is 5.54 Å². The van der Waals surface area contributed by atoms with Crippen LogP contribution in [0, 0.1) is 13.8 Å². The van der Waals surface area contributed by atoms with E-state index in [1.165, 1.54) is 22.3 Å². The third-order valence-corrected chi connectivity index (χ3v) is 3.08. The van der Waals surface area contributed by atoms with E-state index in [0.29, 0.717) is 0 Å². The minimum Gasteiger partial charge on any atom is -0.308 e. The predicted octanol–water partition coefficient (Wildman–Crippen LogP) is 4.48. The number of hydrogen-bond acceptors (Lipinski definition) is 1. The maximum atomic E-state index is 3.56. The zero-order valence-electron chi connectivity index (χ0n) is 12.7. The molecule has 0 unspecified atom stereocenters. The molecule has 1 rings (SSSR count). The first-order valence-corrected chi connectivity index (χ1v) is 6.83. The summed E-state index contributed by atoms with van der Waals surface area (Å²) in [7, 11) is 0. The van der Waals surface area contributed by atoms with E-state index in [0.717, 1.165) is 13.0 Å². The molecule has 0 heterocycles. The van der Waals surface area contributed by atoms with Crippen LogP contribution in [0.3, 0.4) is 0 Å². The van der Waals surface area contributed by atoms with Crippen molar-refractivity contribution in [2.75, 3.05) is 6.54 Å². The highest BCUT2D eigenvalue weighted by Crippen LogP contribution is 2.16. The van der Waals surface area contributed by atoms with Gasteiger partial charge in [0, 0.05) is 12.1 Å². The Bertz CT molecular complexity index is 422. The zero-order chi connectivity index (χ0) is 13.8. The summed E-state index contributed by atoms with van der Waals surface area (Å²) in [4.78, 5) is 0. The molecule has 0 aliphatic carbocycles. The molecule has 0 amide bonds. The number of benzene rings is 1. The van der Waals surface area contributed by atoms with Gasteiger partial charge in [0.15, 0.2) is 0 Å². The number of nitrogens with one attached hydrogen (secondary N) is 1. The van der Waals surface area contributed by atoms with Crippen molar-refractivity contribution in [1.82, 2.24) is 5.32 Å². The summed E-state index contributed by atoms with van der Waals surface area (Å²) in [5, 5.41) is 3.56. The van der Waals surface area contributed by atoms with Crippen LogP contribution in [-0.2, 0) is 0 Å². The summed E-state index contributed by atoms with van der Waals surface area (Å²) in [5.41, 5.74) is 5.66. The lowest BCUT2D eigenvalue weighted by Crippen LogP contribution is -2.36. The molecule has 18 heavy (non-hydrogen) atoms. The van der Waals surface area contributed by atoms with Crippen molar-refractivity contribution < 1.29 is 0 Å². The Balaban J connectivity index is 2.84. The van der Waals surface area contributed by atoms with Gasteiger partial charge in [0.2, 0.25) is 0 Å². The highest BCUT2D eigenvalue weighted by Gasteiger charge is 2.09. The van der Waals surface area contributed by atoms with E-state index in [1.54, 1.807) is 0 Å². The standard InChI is InChI=1S/C17H27N/c1-7-15(12-18-17(4,5)6)11-16-9-8-13(2)10-14(16)3/h8-11,18H,7,12H2,1-6H3. The van der Waals surface area contributed by atoms with Crippen LogP contribution in [0.4, 0.5) is 0 Å². The van der Waals surface area contributed by atoms with Gasteiger partial charge >= 0.3 is 0 Å². The molecule has 0 aliphatic rings. The zero-order valence-corrected chi connectivity index (χ0v) is 12.7. The number of hydrogen-bond donors (Lipinski definition) is 1. The van der Waals surface area contributed by atoms with Gasteiger partial charge in [-0.3, -0.25) is 0 Å². The monoisotopic (exact) mass is 245 g/mol. The molecule has 0 aliphatic heterocycles. The molecule has 0 radical (unpaired) electrons. The van der Waals surface area contributed by atoms with Gasteiger partial charge in [0.05, 0.1) is 0 Å². The summed E-state index contributed by atoms with van der Waals surface area (Å²) in [5.74, 6) is 0. The molecule has 1 aromatic rings. The first kappa shape index (κ1) is 15.0. The second kappa shape index (κ2) is 6.19. The van der Waals surface area contributed by atoms with Gasteiger partial charge in [-0.05, 0) is 52.2 Å². The SMILES string of the molecule is CCC(=Cc1ccc(C)cc1C)CNC(C)(C)C. The van der Waals surface area contributed by atoms with Crippen LogP contribution in [-0.4, -0.2) is 12.1 Å². The minimum absolute atomic E-state index is 0.177. The highest BCUT2D eigenvalue weighted by atomic mass is 14.9. The van der Waals surface area contributed by atoms with E-state index >= 15 is 0 Å². The summed E-state index contributed by atoms with van der Waals surface area (Å²) in [6, 6.07) is 6.65.